The van der Waals surface area contributed by atoms with Crippen molar-refractivity contribution in [1.29, 1.82) is 0 Å². The van der Waals surface area contributed by atoms with Crippen molar-refractivity contribution >= 4 is 16.1 Å². The normalized spacial score (nSPS) is 8.71. The van der Waals surface area contributed by atoms with Crippen molar-refractivity contribution in [3.63, 3.8) is 0 Å². The third-order valence-electron chi connectivity index (χ3n) is 0.702. The summed E-state index contributed by atoms with van der Waals surface area (Å²) in [6.07, 6.45) is 3.80. The Morgan fingerprint density at radius 2 is 1.86 bits per heavy atom. The van der Waals surface area contributed by atoms with Crippen molar-refractivity contribution in [2.75, 3.05) is 4.45 Å². The quantitative estimate of drug-likeness (QED) is 0.615. The third-order valence-corrected chi connectivity index (χ3v) is 1.11. The molecular formula is C4H5BrN2. The van der Waals surface area contributed by atoms with Gasteiger partial charge in [0, 0.05) is 12.4 Å². The van der Waals surface area contributed by atoms with Crippen molar-refractivity contribution in [3.05, 3.63) is 24.5 Å². The summed E-state index contributed by atoms with van der Waals surface area (Å²) in [7, 11) is 0. The molecule has 1 N–H and O–H groups in total. The summed E-state index contributed by atoms with van der Waals surface area (Å²) in [5, 5.41) is 0. The van der Waals surface area contributed by atoms with Gasteiger partial charge in [0.25, 0.3) is 0 Å². The minimum Gasteiger partial charge on any atom is -0.265 e. The van der Waals surface area contributed by atoms with E-state index in [9.17, 15) is 0 Å². The van der Waals surface area contributed by atoms with Crippen molar-refractivity contribution in [2.45, 2.75) is 0 Å². The van der Waals surface area contributed by atoms with Gasteiger partial charge in [-0.05, 0) is 12.1 Å². The molecule has 0 saturated heterocycles. The topological polar surface area (TPSA) is 17.0 Å². The molecule has 1 heterocycles. The van der Waals surface area contributed by atoms with E-state index < -0.39 is 0 Å². The van der Waals surface area contributed by atoms with Gasteiger partial charge in [-0.2, -0.15) is 0 Å². The first-order chi connectivity index (χ1) is 3.43. The second-order valence-electron chi connectivity index (χ2n) is 1.17. The van der Waals surface area contributed by atoms with Crippen LogP contribution in [0.2, 0.25) is 0 Å². The molecule has 2 nitrogen and oxygen atoms in total. The van der Waals surface area contributed by atoms with Gasteiger partial charge in [0.15, 0.2) is 0 Å². The van der Waals surface area contributed by atoms with Crippen molar-refractivity contribution in [3.8, 4) is 0 Å². The fourth-order valence-corrected chi connectivity index (χ4v) is 0.627. The highest BCUT2D eigenvalue weighted by molar-refractivity contribution is 9.10. The van der Waals surface area contributed by atoms with Crippen LogP contribution in [0, 0.1) is 0 Å². The average molecular weight is 161 g/mol. The lowest BCUT2D eigenvalue weighted by atomic mass is 10.7. The number of aromatic nitrogens is 1. The first-order valence-corrected chi connectivity index (χ1v) is 2.72. The molecule has 0 fully saturated rings. The van der Waals surface area contributed by atoms with Crippen LogP contribution in [0.5, 0.6) is 0 Å². The summed E-state index contributed by atoms with van der Waals surface area (Å²) in [4.78, 5) is 0. The molecule has 3 heteroatoms. The van der Waals surface area contributed by atoms with E-state index in [0.29, 0.717) is 0 Å². The molecule has 0 atom stereocenters. The maximum Gasteiger partial charge on any atom is 0.0642 e. The highest BCUT2D eigenvalue weighted by Crippen LogP contribution is 1.85. The van der Waals surface area contributed by atoms with Crippen LogP contribution in [0.25, 0.3) is 0 Å². The van der Waals surface area contributed by atoms with Gasteiger partial charge in [-0.25, -0.2) is 0 Å². The molecule has 38 valence electrons. The number of rotatable bonds is 1. The molecule has 0 aliphatic carbocycles. The molecular weight excluding hydrogens is 156 g/mol. The van der Waals surface area contributed by atoms with E-state index >= 15 is 0 Å². The Morgan fingerprint density at radius 3 is 2.14 bits per heavy atom. The van der Waals surface area contributed by atoms with Gasteiger partial charge >= 0.3 is 0 Å². The van der Waals surface area contributed by atoms with Crippen LogP contribution < -0.4 is 4.45 Å². The van der Waals surface area contributed by atoms with Crippen LogP contribution in [0.3, 0.4) is 0 Å². The van der Waals surface area contributed by atoms with Crippen LogP contribution in [0.15, 0.2) is 24.5 Å². The van der Waals surface area contributed by atoms with Crippen LogP contribution in [-0.4, -0.2) is 4.68 Å². The Labute approximate surface area is 50.4 Å². The maximum atomic E-state index is 3.05. The molecule has 0 unspecified atom stereocenters. The molecule has 7 heavy (non-hydrogen) atoms. The molecule has 1 aromatic rings. The molecule has 0 amide bonds. The molecule has 0 saturated carbocycles. The van der Waals surface area contributed by atoms with E-state index in [1.54, 1.807) is 4.68 Å². The lowest BCUT2D eigenvalue weighted by molar-refractivity contribution is 1.03. The van der Waals surface area contributed by atoms with E-state index in [4.69, 9.17) is 0 Å². The van der Waals surface area contributed by atoms with Crippen LogP contribution >= 0.6 is 16.1 Å². The number of nitrogens with zero attached hydrogens (tertiary/aromatic N) is 1. The summed E-state index contributed by atoms with van der Waals surface area (Å²) in [5.41, 5.74) is 0. The van der Waals surface area contributed by atoms with Gasteiger partial charge in [0.05, 0.1) is 16.1 Å². The minimum atomic E-state index is 1.79. The number of nitrogens with one attached hydrogen (secondary N) is 1. The summed E-state index contributed by atoms with van der Waals surface area (Å²) in [6, 6.07) is 3.88. The van der Waals surface area contributed by atoms with Gasteiger partial charge < -0.3 is 0 Å². The fourth-order valence-electron chi connectivity index (χ4n) is 0.391. The lowest BCUT2D eigenvalue weighted by Crippen LogP contribution is -1.96. The molecule has 1 rings (SSSR count). The van der Waals surface area contributed by atoms with E-state index in [1.165, 1.54) is 0 Å². The second kappa shape index (κ2) is 2.02. The SMILES string of the molecule is BrNn1cccc1. The summed E-state index contributed by atoms with van der Waals surface area (Å²) in [6.45, 7) is 0. The number of hydrogen-bond acceptors (Lipinski definition) is 1. The monoisotopic (exact) mass is 160 g/mol. The molecule has 0 aliphatic rings. The van der Waals surface area contributed by atoms with E-state index in [-0.39, 0.29) is 0 Å². The molecule has 0 aliphatic heterocycles. The van der Waals surface area contributed by atoms with Crippen molar-refractivity contribution in [1.82, 2.24) is 4.68 Å². The Morgan fingerprint density at radius 1 is 1.29 bits per heavy atom. The summed E-state index contributed by atoms with van der Waals surface area (Å²) in [5.74, 6) is 0. The molecule has 0 spiro atoms. The summed E-state index contributed by atoms with van der Waals surface area (Å²) >= 11 is 3.05. The first kappa shape index (κ1) is 4.71. The van der Waals surface area contributed by atoms with Gasteiger partial charge in [-0.15, -0.1) is 0 Å². The average Bonchev–Trinajstić information content (AvgIpc) is 2.14. The molecule has 0 bridgehead atoms. The van der Waals surface area contributed by atoms with Gasteiger partial charge in [0.1, 0.15) is 0 Å². The molecule has 1 aromatic heterocycles. The van der Waals surface area contributed by atoms with Crippen LogP contribution in [0.1, 0.15) is 0 Å². The highest BCUT2D eigenvalue weighted by Gasteiger charge is 1.75. The zero-order chi connectivity index (χ0) is 5.11. The number of halogens is 1. The predicted octanol–water partition coefficient (Wildman–Crippen LogP) is 1.34. The molecule has 0 aromatic carbocycles. The van der Waals surface area contributed by atoms with Gasteiger partial charge in [-0.1, -0.05) is 0 Å². The standard InChI is InChI=1S/C4H5BrN2/c5-6-7-3-1-2-4-7/h1-4,6H. The highest BCUT2D eigenvalue weighted by atomic mass is 79.9. The fraction of sp³-hybridized carbons (Fsp3) is 0. The lowest BCUT2D eigenvalue weighted by Gasteiger charge is -1.92. The largest absolute Gasteiger partial charge is 0.265 e. The first-order valence-electron chi connectivity index (χ1n) is 1.93. The van der Waals surface area contributed by atoms with Gasteiger partial charge in [0.2, 0.25) is 0 Å². The van der Waals surface area contributed by atoms with Gasteiger partial charge in [-0.3, -0.25) is 9.13 Å². The van der Waals surface area contributed by atoms with E-state index in [2.05, 4.69) is 20.6 Å². The second-order valence-corrected chi connectivity index (χ2v) is 1.53. The van der Waals surface area contributed by atoms with E-state index in [1.807, 2.05) is 24.5 Å². The minimum absolute atomic E-state index is 1.79. The number of hydrogen-bond donors (Lipinski definition) is 1. The van der Waals surface area contributed by atoms with Crippen molar-refractivity contribution < 1.29 is 0 Å². The molecule has 0 radical (unpaired) electrons. The maximum absolute atomic E-state index is 3.05. The summed E-state index contributed by atoms with van der Waals surface area (Å²) < 4.78 is 4.53. The zero-order valence-electron chi connectivity index (χ0n) is 3.63. The van der Waals surface area contributed by atoms with Crippen molar-refractivity contribution in [2.24, 2.45) is 0 Å². The van der Waals surface area contributed by atoms with Crippen LogP contribution in [0.4, 0.5) is 0 Å². The van der Waals surface area contributed by atoms with E-state index in [0.717, 1.165) is 0 Å². The Hall–Kier alpha value is -0.440. The Balaban J connectivity index is 2.76. The Kier molecular flexibility index (Phi) is 1.36. The third kappa shape index (κ3) is 0.962. The van der Waals surface area contributed by atoms with Crippen LogP contribution in [-0.2, 0) is 0 Å². The predicted molar refractivity (Wildman–Crippen MR) is 32.7 cm³/mol. The smallest absolute Gasteiger partial charge is 0.0642 e. The Bertz CT molecular complexity index is 124. The zero-order valence-corrected chi connectivity index (χ0v) is 5.22.